The van der Waals surface area contributed by atoms with Crippen LogP contribution in [0.25, 0.3) is 0 Å². The molecule has 0 radical (unpaired) electrons. The lowest BCUT2D eigenvalue weighted by Gasteiger charge is -2.29. The zero-order chi connectivity index (χ0) is 13.2. The highest BCUT2D eigenvalue weighted by atomic mass is 16.6. The van der Waals surface area contributed by atoms with Crippen molar-refractivity contribution in [2.75, 3.05) is 18.5 Å². The van der Waals surface area contributed by atoms with E-state index in [9.17, 15) is 15.2 Å². The quantitative estimate of drug-likeness (QED) is 0.651. The van der Waals surface area contributed by atoms with Crippen molar-refractivity contribution in [2.24, 2.45) is 0 Å². The molecule has 98 valence electrons. The van der Waals surface area contributed by atoms with E-state index < -0.39 is 10.5 Å². The Morgan fingerprint density at radius 1 is 1.50 bits per heavy atom. The first-order valence-corrected chi connectivity index (χ1v) is 6.04. The Hall–Kier alpha value is -1.69. The molecule has 18 heavy (non-hydrogen) atoms. The number of hydrogen-bond acceptors (Lipinski definition) is 5. The minimum absolute atomic E-state index is 0.0215. The average Bonchev–Trinajstić information content (AvgIpc) is 2.76. The Labute approximate surface area is 105 Å². The maximum absolute atomic E-state index is 10.5. The molecule has 6 nitrogen and oxygen atoms in total. The van der Waals surface area contributed by atoms with E-state index in [0.29, 0.717) is 12.4 Å². The summed E-state index contributed by atoms with van der Waals surface area (Å²) >= 11 is 0. The Morgan fingerprint density at radius 3 is 2.67 bits per heavy atom. The largest absolute Gasteiger partial charge is 0.388 e. The molecule has 1 aromatic rings. The van der Waals surface area contributed by atoms with Gasteiger partial charge in [-0.1, -0.05) is 12.8 Å². The standard InChI is InChI=1S/C12H17N3O3/c1-14(9-12(16)6-2-3-7-12)11-5-4-10(8-13-11)15(17)18/h4-5,8,16H,2-3,6-7,9H2,1H3. The molecule has 1 N–H and O–H groups in total. The summed E-state index contributed by atoms with van der Waals surface area (Å²) in [4.78, 5) is 15.9. The van der Waals surface area contributed by atoms with Gasteiger partial charge in [-0.05, 0) is 18.9 Å². The smallest absolute Gasteiger partial charge is 0.287 e. The summed E-state index contributed by atoms with van der Waals surface area (Å²) in [6.07, 6.45) is 4.97. The topological polar surface area (TPSA) is 79.5 Å². The predicted molar refractivity (Wildman–Crippen MR) is 67.6 cm³/mol. The second-order valence-electron chi connectivity index (χ2n) is 4.92. The lowest BCUT2D eigenvalue weighted by molar-refractivity contribution is -0.385. The van der Waals surface area contributed by atoms with Crippen molar-refractivity contribution in [3.63, 3.8) is 0 Å². The van der Waals surface area contributed by atoms with Gasteiger partial charge in [0.05, 0.1) is 10.5 Å². The molecule has 0 saturated heterocycles. The summed E-state index contributed by atoms with van der Waals surface area (Å²) in [5.74, 6) is 0.640. The molecule has 1 heterocycles. The molecule has 1 aliphatic rings. The van der Waals surface area contributed by atoms with Gasteiger partial charge >= 0.3 is 0 Å². The molecule has 0 bridgehead atoms. The van der Waals surface area contributed by atoms with Crippen LogP contribution in [0.4, 0.5) is 11.5 Å². The third kappa shape index (κ3) is 2.76. The average molecular weight is 251 g/mol. The SMILES string of the molecule is CN(CC1(O)CCCC1)c1ccc([N+](=O)[O-])cn1. The number of likely N-dealkylation sites (N-methyl/N-ethyl adjacent to an activating group) is 1. The molecule has 0 aromatic carbocycles. The number of hydrogen-bond donors (Lipinski definition) is 1. The van der Waals surface area contributed by atoms with Gasteiger partial charge in [0.15, 0.2) is 0 Å². The van der Waals surface area contributed by atoms with Crippen LogP contribution in [-0.4, -0.2) is 34.2 Å². The van der Waals surface area contributed by atoms with E-state index in [2.05, 4.69) is 4.98 Å². The number of anilines is 1. The highest BCUT2D eigenvalue weighted by Gasteiger charge is 2.32. The maximum atomic E-state index is 10.5. The molecule has 0 aliphatic heterocycles. The van der Waals surface area contributed by atoms with E-state index >= 15 is 0 Å². The fourth-order valence-corrected chi connectivity index (χ4v) is 2.43. The number of aromatic nitrogens is 1. The summed E-state index contributed by atoms with van der Waals surface area (Å²) in [6.45, 7) is 0.512. The van der Waals surface area contributed by atoms with Gasteiger partial charge in [0.1, 0.15) is 12.0 Å². The number of rotatable bonds is 4. The molecule has 2 rings (SSSR count). The van der Waals surface area contributed by atoms with Crippen molar-refractivity contribution in [1.82, 2.24) is 4.98 Å². The first kappa shape index (κ1) is 12.8. The highest BCUT2D eigenvalue weighted by molar-refractivity contribution is 5.42. The van der Waals surface area contributed by atoms with Crippen molar-refractivity contribution in [2.45, 2.75) is 31.3 Å². The van der Waals surface area contributed by atoms with E-state index in [4.69, 9.17) is 0 Å². The third-order valence-electron chi connectivity index (χ3n) is 3.40. The van der Waals surface area contributed by atoms with Gasteiger partial charge in [-0.2, -0.15) is 0 Å². The maximum Gasteiger partial charge on any atom is 0.287 e. The first-order valence-electron chi connectivity index (χ1n) is 6.04. The van der Waals surface area contributed by atoms with Gasteiger partial charge in [0.25, 0.3) is 5.69 Å². The molecule has 1 saturated carbocycles. The molecular formula is C12H17N3O3. The summed E-state index contributed by atoms with van der Waals surface area (Å²) in [7, 11) is 1.84. The fourth-order valence-electron chi connectivity index (χ4n) is 2.43. The Balaban J connectivity index is 2.04. The van der Waals surface area contributed by atoms with Crippen LogP contribution in [0.1, 0.15) is 25.7 Å². The summed E-state index contributed by atoms with van der Waals surface area (Å²) in [5, 5.41) is 20.8. The second kappa shape index (κ2) is 4.89. The van der Waals surface area contributed by atoms with Crippen LogP contribution in [0.5, 0.6) is 0 Å². The van der Waals surface area contributed by atoms with Crippen LogP contribution < -0.4 is 4.90 Å². The Morgan fingerprint density at radius 2 is 2.17 bits per heavy atom. The van der Waals surface area contributed by atoms with E-state index in [1.807, 2.05) is 11.9 Å². The Bertz CT molecular complexity index is 427. The van der Waals surface area contributed by atoms with Gasteiger partial charge in [0, 0.05) is 19.7 Å². The van der Waals surface area contributed by atoms with E-state index in [-0.39, 0.29) is 5.69 Å². The zero-order valence-corrected chi connectivity index (χ0v) is 10.4. The molecule has 0 spiro atoms. The van der Waals surface area contributed by atoms with Crippen LogP contribution in [0.2, 0.25) is 0 Å². The van der Waals surface area contributed by atoms with Gasteiger partial charge in [-0.15, -0.1) is 0 Å². The summed E-state index contributed by atoms with van der Waals surface area (Å²) < 4.78 is 0. The van der Waals surface area contributed by atoms with Crippen LogP contribution in [0, 0.1) is 10.1 Å². The highest BCUT2D eigenvalue weighted by Crippen LogP contribution is 2.30. The van der Waals surface area contributed by atoms with E-state index in [1.54, 1.807) is 6.07 Å². The summed E-state index contributed by atoms with van der Waals surface area (Å²) in [5.41, 5.74) is -0.662. The van der Waals surface area contributed by atoms with Crippen LogP contribution in [0.15, 0.2) is 18.3 Å². The van der Waals surface area contributed by atoms with Crippen LogP contribution >= 0.6 is 0 Å². The molecule has 1 aliphatic carbocycles. The number of pyridine rings is 1. The van der Waals surface area contributed by atoms with Crippen molar-refractivity contribution < 1.29 is 10.0 Å². The predicted octanol–water partition coefficient (Wildman–Crippen LogP) is 1.73. The van der Waals surface area contributed by atoms with Crippen molar-refractivity contribution in [3.8, 4) is 0 Å². The lowest BCUT2D eigenvalue weighted by Crippen LogP contribution is -2.39. The minimum atomic E-state index is -0.641. The lowest BCUT2D eigenvalue weighted by atomic mass is 10.0. The molecule has 0 unspecified atom stereocenters. The number of nitrogens with zero attached hydrogens (tertiary/aromatic N) is 3. The molecular weight excluding hydrogens is 234 g/mol. The molecule has 0 amide bonds. The van der Waals surface area contributed by atoms with Crippen molar-refractivity contribution >= 4 is 11.5 Å². The van der Waals surface area contributed by atoms with Crippen LogP contribution in [0.3, 0.4) is 0 Å². The van der Waals surface area contributed by atoms with Crippen LogP contribution in [-0.2, 0) is 0 Å². The fraction of sp³-hybridized carbons (Fsp3) is 0.583. The molecule has 1 aromatic heterocycles. The van der Waals surface area contributed by atoms with E-state index in [1.165, 1.54) is 12.3 Å². The van der Waals surface area contributed by atoms with Gasteiger partial charge in [0.2, 0.25) is 0 Å². The monoisotopic (exact) mass is 251 g/mol. The molecule has 6 heteroatoms. The summed E-state index contributed by atoms with van der Waals surface area (Å²) in [6, 6.07) is 3.04. The number of nitro groups is 1. The molecule has 1 fully saturated rings. The minimum Gasteiger partial charge on any atom is -0.388 e. The number of aliphatic hydroxyl groups is 1. The third-order valence-corrected chi connectivity index (χ3v) is 3.40. The first-order chi connectivity index (χ1) is 8.50. The molecule has 0 atom stereocenters. The second-order valence-corrected chi connectivity index (χ2v) is 4.92. The van der Waals surface area contributed by atoms with Crippen molar-refractivity contribution in [3.05, 3.63) is 28.4 Å². The zero-order valence-electron chi connectivity index (χ0n) is 10.4. The van der Waals surface area contributed by atoms with Gasteiger partial charge in [-0.3, -0.25) is 10.1 Å². The van der Waals surface area contributed by atoms with E-state index in [0.717, 1.165) is 25.7 Å². The van der Waals surface area contributed by atoms with Gasteiger partial charge < -0.3 is 10.0 Å². The van der Waals surface area contributed by atoms with Crippen molar-refractivity contribution in [1.29, 1.82) is 0 Å². The Kier molecular flexibility index (Phi) is 3.47. The normalized spacial score (nSPS) is 17.7. The van der Waals surface area contributed by atoms with Gasteiger partial charge in [-0.25, -0.2) is 4.98 Å².